The Balaban J connectivity index is 1.81. The number of esters is 1. The fourth-order valence-corrected chi connectivity index (χ4v) is 2.72. The van der Waals surface area contributed by atoms with E-state index in [1.807, 2.05) is 13.1 Å². The fraction of sp³-hybridized carbons (Fsp3) is 0.467. The Bertz CT molecular complexity index is 513. The molecule has 4 heteroatoms. The van der Waals surface area contributed by atoms with E-state index in [0.717, 1.165) is 42.8 Å². The van der Waals surface area contributed by atoms with Crippen LogP contribution in [-0.4, -0.2) is 30.6 Å². The van der Waals surface area contributed by atoms with Gasteiger partial charge in [-0.25, -0.2) is 4.79 Å². The Morgan fingerprint density at radius 1 is 1.32 bits per heavy atom. The van der Waals surface area contributed by atoms with Crippen molar-refractivity contribution in [3.05, 3.63) is 35.2 Å². The van der Waals surface area contributed by atoms with E-state index in [0.29, 0.717) is 18.1 Å². The molecule has 0 bridgehead atoms. The van der Waals surface area contributed by atoms with E-state index in [2.05, 4.69) is 22.4 Å². The number of pyridine rings is 1. The summed E-state index contributed by atoms with van der Waals surface area (Å²) in [6.45, 7) is 4.33. The second-order valence-electron chi connectivity index (χ2n) is 5.18. The molecular weight excluding hydrogens is 240 g/mol. The minimum Gasteiger partial charge on any atom is -0.457 e. The van der Waals surface area contributed by atoms with E-state index in [1.54, 1.807) is 0 Å². The standard InChI is InChI=1S/C15H18N2O2/c1-10-13(9-19-15(10)18)12-2-3-14(17-8-12)11-4-6-16-7-5-11/h2-3,8,11,16H,4-7,9H2,1H3. The largest absolute Gasteiger partial charge is 0.457 e. The van der Waals surface area contributed by atoms with E-state index < -0.39 is 0 Å². The molecule has 4 nitrogen and oxygen atoms in total. The summed E-state index contributed by atoms with van der Waals surface area (Å²) in [4.78, 5) is 15.9. The van der Waals surface area contributed by atoms with Gasteiger partial charge < -0.3 is 10.1 Å². The van der Waals surface area contributed by atoms with Crippen LogP contribution in [-0.2, 0) is 9.53 Å². The molecule has 3 heterocycles. The van der Waals surface area contributed by atoms with Gasteiger partial charge >= 0.3 is 5.97 Å². The van der Waals surface area contributed by atoms with Crippen LogP contribution < -0.4 is 5.32 Å². The first-order chi connectivity index (χ1) is 9.25. The van der Waals surface area contributed by atoms with Crippen molar-refractivity contribution in [2.24, 2.45) is 0 Å². The zero-order chi connectivity index (χ0) is 13.2. The Labute approximate surface area is 112 Å². The summed E-state index contributed by atoms with van der Waals surface area (Å²) in [5.74, 6) is 0.351. The number of nitrogens with one attached hydrogen (secondary N) is 1. The monoisotopic (exact) mass is 258 g/mol. The molecule has 1 aromatic heterocycles. The first-order valence-corrected chi connectivity index (χ1v) is 6.79. The van der Waals surface area contributed by atoms with Gasteiger partial charge in [0.15, 0.2) is 0 Å². The molecule has 0 unspecified atom stereocenters. The van der Waals surface area contributed by atoms with Gasteiger partial charge in [0, 0.05) is 29.0 Å². The molecule has 1 saturated heterocycles. The van der Waals surface area contributed by atoms with Crippen LogP contribution in [0.1, 0.15) is 36.9 Å². The van der Waals surface area contributed by atoms with E-state index in [1.165, 1.54) is 0 Å². The van der Waals surface area contributed by atoms with Gasteiger partial charge in [-0.3, -0.25) is 4.98 Å². The van der Waals surface area contributed by atoms with Crippen molar-refractivity contribution in [3.63, 3.8) is 0 Å². The van der Waals surface area contributed by atoms with Crippen molar-refractivity contribution in [1.29, 1.82) is 0 Å². The molecule has 0 spiro atoms. The van der Waals surface area contributed by atoms with Gasteiger partial charge in [-0.15, -0.1) is 0 Å². The third-order valence-electron chi connectivity index (χ3n) is 4.00. The van der Waals surface area contributed by atoms with Crippen LogP contribution in [0.25, 0.3) is 5.57 Å². The first kappa shape index (κ1) is 12.4. The highest BCUT2D eigenvalue weighted by molar-refractivity contribution is 6.01. The predicted octanol–water partition coefficient (Wildman–Crippen LogP) is 1.88. The Kier molecular flexibility index (Phi) is 3.34. The third-order valence-corrected chi connectivity index (χ3v) is 4.00. The van der Waals surface area contributed by atoms with Gasteiger partial charge in [0.05, 0.1) is 0 Å². The van der Waals surface area contributed by atoms with E-state index in [4.69, 9.17) is 4.74 Å². The number of carbonyl (C=O) groups excluding carboxylic acids is 1. The number of cyclic esters (lactones) is 1. The molecule has 0 amide bonds. The molecule has 2 aliphatic rings. The molecule has 0 radical (unpaired) electrons. The van der Waals surface area contributed by atoms with Crippen molar-refractivity contribution >= 4 is 11.5 Å². The predicted molar refractivity (Wildman–Crippen MR) is 72.6 cm³/mol. The average molecular weight is 258 g/mol. The van der Waals surface area contributed by atoms with Gasteiger partial charge in [0.1, 0.15) is 6.61 Å². The Hall–Kier alpha value is -1.68. The van der Waals surface area contributed by atoms with Crippen molar-refractivity contribution in [3.8, 4) is 0 Å². The average Bonchev–Trinajstić information content (AvgIpc) is 2.80. The second kappa shape index (κ2) is 5.13. The normalized spacial score (nSPS) is 20.8. The van der Waals surface area contributed by atoms with Gasteiger partial charge in [-0.05, 0) is 44.5 Å². The van der Waals surface area contributed by atoms with Crippen LogP contribution in [0.3, 0.4) is 0 Å². The maximum atomic E-state index is 11.4. The SMILES string of the molecule is CC1=C(c2ccc(C3CCNCC3)nc2)COC1=O. The quantitative estimate of drug-likeness (QED) is 0.823. The summed E-state index contributed by atoms with van der Waals surface area (Å²) in [6.07, 6.45) is 4.17. The van der Waals surface area contributed by atoms with Crippen LogP contribution in [0.4, 0.5) is 0 Å². The molecular formula is C15H18N2O2. The van der Waals surface area contributed by atoms with Crippen molar-refractivity contribution in [2.45, 2.75) is 25.7 Å². The zero-order valence-corrected chi connectivity index (χ0v) is 11.1. The lowest BCUT2D eigenvalue weighted by molar-refractivity contribution is -0.135. The lowest BCUT2D eigenvalue weighted by Gasteiger charge is -2.22. The van der Waals surface area contributed by atoms with Gasteiger partial charge in [0.2, 0.25) is 0 Å². The van der Waals surface area contributed by atoms with Crippen LogP contribution in [0.5, 0.6) is 0 Å². The molecule has 1 fully saturated rings. The maximum Gasteiger partial charge on any atom is 0.334 e. The number of aromatic nitrogens is 1. The molecule has 0 saturated carbocycles. The molecule has 0 aliphatic carbocycles. The van der Waals surface area contributed by atoms with Gasteiger partial charge in [-0.1, -0.05) is 6.07 Å². The molecule has 1 aromatic rings. The summed E-state index contributed by atoms with van der Waals surface area (Å²) >= 11 is 0. The van der Waals surface area contributed by atoms with Crippen LogP contribution in [0, 0.1) is 0 Å². The van der Waals surface area contributed by atoms with Crippen LogP contribution in [0.2, 0.25) is 0 Å². The number of carbonyl (C=O) groups is 1. The Morgan fingerprint density at radius 2 is 2.11 bits per heavy atom. The highest BCUT2D eigenvalue weighted by Gasteiger charge is 2.22. The van der Waals surface area contributed by atoms with Gasteiger partial charge in [-0.2, -0.15) is 0 Å². The summed E-state index contributed by atoms with van der Waals surface area (Å²) in [5.41, 5.74) is 3.83. The number of ether oxygens (including phenoxy) is 1. The molecule has 0 aromatic carbocycles. The highest BCUT2D eigenvalue weighted by Crippen LogP contribution is 2.27. The molecule has 100 valence electrons. The molecule has 2 aliphatic heterocycles. The smallest absolute Gasteiger partial charge is 0.334 e. The second-order valence-corrected chi connectivity index (χ2v) is 5.18. The van der Waals surface area contributed by atoms with Crippen molar-refractivity contribution in [2.75, 3.05) is 19.7 Å². The number of piperidine rings is 1. The van der Waals surface area contributed by atoms with Crippen molar-refractivity contribution in [1.82, 2.24) is 10.3 Å². The maximum absolute atomic E-state index is 11.4. The number of hydrogen-bond donors (Lipinski definition) is 1. The van der Waals surface area contributed by atoms with Crippen LogP contribution >= 0.6 is 0 Å². The van der Waals surface area contributed by atoms with Crippen molar-refractivity contribution < 1.29 is 9.53 Å². The van der Waals surface area contributed by atoms with E-state index in [-0.39, 0.29) is 5.97 Å². The lowest BCUT2D eigenvalue weighted by Crippen LogP contribution is -2.27. The highest BCUT2D eigenvalue weighted by atomic mass is 16.5. The Morgan fingerprint density at radius 3 is 2.68 bits per heavy atom. The van der Waals surface area contributed by atoms with Crippen LogP contribution in [0.15, 0.2) is 23.9 Å². The molecule has 19 heavy (non-hydrogen) atoms. The fourth-order valence-electron chi connectivity index (χ4n) is 2.72. The molecule has 3 rings (SSSR count). The topological polar surface area (TPSA) is 51.2 Å². The van der Waals surface area contributed by atoms with E-state index in [9.17, 15) is 4.79 Å². The minimum atomic E-state index is -0.211. The summed E-state index contributed by atoms with van der Waals surface area (Å²) in [5, 5.41) is 3.36. The first-order valence-electron chi connectivity index (χ1n) is 6.79. The lowest BCUT2D eigenvalue weighted by atomic mass is 9.93. The number of hydrogen-bond acceptors (Lipinski definition) is 4. The summed E-state index contributed by atoms with van der Waals surface area (Å²) in [6, 6.07) is 4.15. The molecule has 0 atom stereocenters. The minimum absolute atomic E-state index is 0.211. The zero-order valence-electron chi connectivity index (χ0n) is 11.1. The number of nitrogens with zero attached hydrogens (tertiary/aromatic N) is 1. The molecule has 1 N–H and O–H groups in total. The van der Waals surface area contributed by atoms with Gasteiger partial charge in [0.25, 0.3) is 0 Å². The third kappa shape index (κ3) is 2.40. The van der Waals surface area contributed by atoms with E-state index >= 15 is 0 Å². The summed E-state index contributed by atoms with van der Waals surface area (Å²) < 4.78 is 5.03. The summed E-state index contributed by atoms with van der Waals surface area (Å²) in [7, 11) is 0. The number of rotatable bonds is 2.